The molecule has 3 N–H and O–H groups in total. The van der Waals surface area contributed by atoms with Gasteiger partial charge >= 0.3 is 0 Å². The first-order valence-corrected chi connectivity index (χ1v) is 26.3. The van der Waals surface area contributed by atoms with Crippen LogP contribution in [0.15, 0.2) is 77.8 Å². The Hall–Kier alpha value is -5.99. The molecule has 18 nitrogen and oxygen atoms in total. The molecule has 13 rings (SSSR count). The summed E-state index contributed by atoms with van der Waals surface area (Å²) < 4.78 is 55.1. The number of rotatable bonds is 10. The fraction of sp³-hybridized carbons (Fsp3) is 0.490. The highest BCUT2D eigenvalue weighted by Crippen LogP contribution is 2.55. The van der Waals surface area contributed by atoms with Crippen molar-refractivity contribution in [3.8, 4) is 11.6 Å². The highest BCUT2D eigenvalue weighted by Gasteiger charge is 2.50. The van der Waals surface area contributed by atoms with E-state index >= 15 is 0 Å². The van der Waals surface area contributed by atoms with Crippen LogP contribution in [-0.2, 0) is 19.5 Å². The topological polar surface area (TPSA) is 197 Å². The van der Waals surface area contributed by atoms with Gasteiger partial charge in [-0.2, -0.15) is 4.98 Å². The molecular formula is C51H57N9O9S. The fourth-order valence-electron chi connectivity index (χ4n) is 13.1. The van der Waals surface area contributed by atoms with Crippen LogP contribution in [0.5, 0.6) is 11.6 Å². The van der Waals surface area contributed by atoms with Crippen molar-refractivity contribution in [2.75, 3.05) is 74.3 Å². The van der Waals surface area contributed by atoms with Crippen molar-refractivity contribution in [2.24, 2.45) is 5.41 Å². The van der Waals surface area contributed by atoms with Crippen molar-refractivity contribution < 1.29 is 37.1 Å². The Morgan fingerprint density at radius 3 is 2.64 bits per heavy atom. The van der Waals surface area contributed by atoms with Crippen molar-refractivity contribution in [1.29, 1.82) is 0 Å². The van der Waals surface area contributed by atoms with Gasteiger partial charge in [-0.1, -0.05) is 24.3 Å². The number of piperidine rings is 1. The van der Waals surface area contributed by atoms with E-state index in [0.29, 0.717) is 72.8 Å². The molecular weight excluding hydrogens is 915 g/mol. The lowest BCUT2D eigenvalue weighted by atomic mass is 9.59. The number of nitro groups is 1. The van der Waals surface area contributed by atoms with Gasteiger partial charge in [0.15, 0.2) is 11.4 Å². The average molecular weight is 972 g/mol. The summed E-state index contributed by atoms with van der Waals surface area (Å²) >= 11 is 0. The van der Waals surface area contributed by atoms with E-state index in [2.05, 4.69) is 60.9 Å². The van der Waals surface area contributed by atoms with E-state index in [1.165, 1.54) is 42.9 Å². The number of benzene rings is 3. The molecule has 0 unspecified atom stereocenters. The summed E-state index contributed by atoms with van der Waals surface area (Å²) in [4.78, 5) is 43.6. The molecule has 366 valence electrons. The number of carbonyl (C=O) groups excluding carboxylic acids is 1. The number of nitrogens with zero attached hydrogens (tertiary/aromatic N) is 6. The third kappa shape index (κ3) is 7.54. The molecule has 1 saturated carbocycles. The number of nitrogens with one attached hydrogen (secondary N) is 3. The second kappa shape index (κ2) is 16.8. The number of ether oxygens (including phenoxy) is 4. The zero-order valence-electron chi connectivity index (χ0n) is 39.0. The van der Waals surface area contributed by atoms with Gasteiger partial charge < -0.3 is 39.0 Å². The largest absolute Gasteiger partial charge is 0.489 e. The van der Waals surface area contributed by atoms with Gasteiger partial charge in [-0.05, 0) is 105 Å². The van der Waals surface area contributed by atoms with Gasteiger partial charge in [0, 0.05) is 73.7 Å². The van der Waals surface area contributed by atoms with E-state index in [-0.39, 0.29) is 41.8 Å². The third-order valence-corrected chi connectivity index (χ3v) is 18.0. The van der Waals surface area contributed by atoms with Crippen LogP contribution < -0.4 is 29.3 Å². The van der Waals surface area contributed by atoms with Crippen LogP contribution in [0.1, 0.15) is 72.5 Å². The van der Waals surface area contributed by atoms with Crippen LogP contribution in [0.25, 0.3) is 11.0 Å². The molecule has 9 heterocycles. The van der Waals surface area contributed by atoms with Crippen molar-refractivity contribution in [3.63, 3.8) is 0 Å². The summed E-state index contributed by atoms with van der Waals surface area (Å²) in [6, 6.07) is 21.2. The monoisotopic (exact) mass is 971 g/mol. The summed E-state index contributed by atoms with van der Waals surface area (Å²) in [6.07, 6.45) is 9.48. The van der Waals surface area contributed by atoms with E-state index in [1.54, 1.807) is 12.3 Å². The van der Waals surface area contributed by atoms with E-state index in [0.717, 1.165) is 62.6 Å². The molecule has 6 fully saturated rings. The minimum atomic E-state index is -4.69. The van der Waals surface area contributed by atoms with E-state index in [9.17, 15) is 23.3 Å². The summed E-state index contributed by atoms with van der Waals surface area (Å²) in [5.74, 6) is -0.501. The van der Waals surface area contributed by atoms with Crippen LogP contribution in [0.3, 0.4) is 0 Å². The number of H-pyrrole nitrogens is 1. The predicted octanol–water partition coefficient (Wildman–Crippen LogP) is 6.43. The Kier molecular flexibility index (Phi) is 10.6. The molecule has 2 bridgehead atoms. The number of amides is 1. The molecule has 19 heteroatoms. The number of carbonyl (C=O) groups is 1. The molecule has 70 heavy (non-hydrogen) atoms. The summed E-state index contributed by atoms with van der Waals surface area (Å²) in [5, 5.41) is 16.6. The quantitative estimate of drug-likeness (QED) is 0.102. The molecule has 5 saturated heterocycles. The van der Waals surface area contributed by atoms with Crippen LogP contribution in [-0.4, -0.2) is 135 Å². The lowest BCUT2D eigenvalue weighted by Crippen LogP contribution is -2.55. The number of morpholine rings is 1. The lowest BCUT2D eigenvalue weighted by molar-refractivity contribution is -0.384. The fourth-order valence-corrected chi connectivity index (χ4v) is 14.1. The predicted molar refractivity (Wildman–Crippen MR) is 261 cm³/mol. The van der Waals surface area contributed by atoms with Gasteiger partial charge in [-0.15, -0.1) is 0 Å². The van der Waals surface area contributed by atoms with E-state index in [1.807, 2.05) is 29.2 Å². The normalized spacial score (nSPS) is 27.1. The number of sulfonamides is 1. The Labute approximate surface area is 405 Å². The van der Waals surface area contributed by atoms with Crippen molar-refractivity contribution in [1.82, 2.24) is 24.5 Å². The zero-order valence-corrected chi connectivity index (χ0v) is 39.9. The minimum Gasteiger partial charge on any atom is -0.489 e. The number of pyridine rings is 1. The van der Waals surface area contributed by atoms with Gasteiger partial charge in [-0.3, -0.25) is 24.7 Å². The number of likely N-dealkylation sites (tertiary alicyclic amines) is 2. The molecule has 1 spiro atoms. The van der Waals surface area contributed by atoms with Crippen molar-refractivity contribution >= 4 is 55.4 Å². The SMILES string of the molecule is Cc1ccccc1[C@@H]1CCCN1C1CC2(CCN(c3ccc(C(=O)NS(=O)(=O)c4cc5c(c([N+](=O)[O-])c4)N[C@@H](CN4C[C@H]6C[C@@H]4CO6)CO5)c(N4c5cc6cc[nH]c6nc5O[C@@H]5COC[C@H]54)c3)CC2)C1. The molecule has 7 aliphatic heterocycles. The molecule has 3 aromatic carbocycles. The molecule has 2 aromatic heterocycles. The number of fused-ring (bicyclic) bond motifs is 6. The first kappa shape index (κ1) is 44.0. The number of hydrogen-bond acceptors (Lipinski definition) is 15. The first-order valence-electron chi connectivity index (χ1n) is 24.8. The number of aromatic nitrogens is 2. The zero-order chi connectivity index (χ0) is 47.5. The van der Waals surface area contributed by atoms with Gasteiger partial charge in [-0.25, -0.2) is 13.1 Å². The van der Waals surface area contributed by atoms with Crippen molar-refractivity contribution in [3.05, 3.63) is 99.7 Å². The standard InChI is InChI=1S/C51H57N9O9S/c1-30-5-2-3-6-38(30)40-7-4-14-58(40)35-22-51(23-35)11-15-56(16-12-51)33-8-9-39(41(19-33)59-43-17-31-10-13-52-48(31)54-50(43)69-46-29-66-28-44(46)59)49(61)55-70(64,65)37-20-42(60(62)63)47-45(21-37)68-26-32(53-47)24-57-25-36-18-34(57)27-67-36/h2-3,5-6,8-10,13,17,19-21,32,34-36,40,44,46,53H,4,7,11-12,14-16,18,22-29H2,1H3,(H,52,54)(H,55,61)/t32-,34+,36+,40-,44+,46+/m0/s1. The Morgan fingerprint density at radius 1 is 0.986 bits per heavy atom. The smallest absolute Gasteiger partial charge is 0.297 e. The lowest BCUT2D eigenvalue weighted by Gasteiger charge is -2.56. The molecule has 1 amide bonds. The second-order valence-corrected chi connectivity index (χ2v) is 22.5. The summed E-state index contributed by atoms with van der Waals surface area (Å²) in [7, 11) is -4.69. The van der Waals surface area contributed by atoms with Gasteiger partial charge in [0.05, 0.1) is 59.1 Å². The second-order valence-electron chi connectivity index (χ2n) is 20.8. The molecule has 0 radical (unpaired) electrons. The van der Waals surface area contributed by atoms with E-state index < -0.39 is 37.5 Å². The minimum absolute atomic E-state index is 0.0265. The maximum atomic E-state index is 14.7. The Bertz CT molecular complexity index is 3020. The van der Waals surface area contributed by atoms with Crippen LogP contribution >= 0.6 is 0 Å². The van der Waals surface area contributed by atoms with Crippen LogP contribution in [0, 0.1) is 22.5 Å². The van der Waals surface area contributed by atoms with Crippen molar-refractivity contribution in [2.45, 2.75) is 99.2 Å². The molecule has 5 aromatic rings. The summed E-state index contributed by atoms with van der Waals surface area (Å²) in [6.45, 7) is 7.89. The molecule has 1 aliphatic carbocycles. The number of anilines is 4. The highest BCUT2D eigenvalue weighted by molar-refractivity contribution is 7.90. The third-order valence-electron chi connectivity index (χ3n) is 16.7. The van der Waals surface area contributed by atoms with Gasteiger partial charge in [0.2, 0.25) is 5.88 Å². The summed E-state index contributed by atoms with van der Waals surface area (Å²) in [5.41, 5.74) is 5.52. The van der Waals surface area contributed by atoms with Gasteiger partial charge in [0.1, 0.15) is 24.0 Å². The highest BCUT2D eigenvalue weighted by atomic mass is 32.2. The molecule has 8 aliphatic rings. The average Bonchev–Trinajstić information content (AvgIpc) is 4.22. The number of hydrogen-bond donors (Lipinski definition) is 3. The first-order chi connectivity index (χ1) is 34.0. The number of aromatic amines is 1. The van der Waals surface area contributed by atoms with E-state index in [4.69, 9.17) is 23.9 Å². The van der Waals surface area contributed by atoms with Gasteiger partial charge in [0.25, 0.3) is 21.6 Å². The van der Waals surface area contributed by atoms with Crippen LogP contribution in [0.2, 0.25) is 0 Å². The molecule has 6 atom stereocenters. The Morgan fingerprint density at radius 2 is 1.84 bits per heavy atom. The maximum Gasteiger partial charge on any atom is 0.297 e. The Balaban J connectivity index is 0.784. The number of aryl methyl sites for hydroxylation is 1. The maximum absolute atomic E-state index is 14.7. The van der Waals surface area contributed by atoms with Crippen LogP contribution in [0.4, 0.5) is 28.4 Å². The number of nitro benzene ring substituents is 1.